The fraction of sp³-hybridized carbons (Fsp3) is 0.500. The SMILES string of the molecule is C=CCCNCl. The smallest absolute Gasteiger partial charge is 0.0142 e. The molecular weight excluding hydrogens is 97.5 g/mol. The lowest BCUT2D eigenvalue weighted by atomic mass is 10.4. The molecule has 0 saturated carbocycles. The normalized spacial score (nSPS) is 8.17. The number of rotatable bonds is 3. The molecule has 0 amide bonds. The maximum atomic E-state index is 5.08. The van der Waals surface area contributed by atoms with Crippen LogP contribution in [0.15, 0.2) is 12.7 Å². The van der Waals surface area contributed by atoms with Gasteiger partial charge in [0.1, 0.15) is 0 Å². The van der Waals surface area contributed by atoms with E-state index in [9.17, 15) is 0 Å². The minimum Gasteiger partial charge on any atom is -0.233 e. The van der Waals surface area contributed by atoms with Crippen LogP contribution in [-0.4, -0.2) is 6.54 Å². The second-order valence-corrected chi connectivity index (χ2v) is 1.23. The Bertz CT molecular complexity index is 36.5. The first kappa shape index (κ1) is 5.99. The van der Waals surface area contributed by atoms with Gasteiger partial charge in [-0.25, -0.2) is 4.84 Å². The van der Waals surface area contributed by atoms with Gasteiger partial charge < -0.3 is 0 Å². The molecule has 0 aliphatic carbocycles. The molecule has 0 atom stereocenters. The van der Waals surface area contributed by atoms with Crippen LogP contribution in [0.25, 0.3) is 0 Å². The standard InChI is InChI=1S/C4H8ClN/c1-2-3-4-6-5/h2,6H,1,3-4H2. The maximum Gasteiger partial charge on any atom is 0.0142 e. The van der Waals surface area contributed by atoms with Gasteiger partial charge in [0.2, 0.25) is 0 Å². The third kappa shape index (κ3) is 3.99. The summed E-state index contributed by atoms with van der Waals surface area (Å²) in [7, 11) is 0. The molecule has 0 aromatic heterocycles. The monoisotopic (exact) mass is 105 g/mol. The van der Waals surface area contributed by atoms with Gasteiger partial charge in [0.05, 0.1) is 0 Å². The first-order valence-corrected chi connectivity index (χ1v) is 2.24. The quantitative estimate of drug-likeness (QED) is 0.324. The van der Waals surface area contributed by atoms with Crippen molar-refractivity contribution < 1.29 is 0 Å². The van der Waals surface area contributed by atoms with Gasteiger partial charge in [0.15, 0.2) is 0 Å². The minimum atomic E-state index is 0.811. The topological polar surface area (TPSA) is 12.0 Å². The summed E-state index contributed by atoms with van der Waals surface area (Å²) >= 11 is 5.08. The summed E-state index contributed by atoms with van der Waals surface area (Å²) in [5, 5.41) is 0. The molecule has 0 spiro atoms. The third-order valence-corrected chi connectivity index (χ3v) is 0.632. The first-order chi connectivity index (χ1) is 2.91. The minimum absolute atomic E-state index is 0.811. The Hall–Kier alpha value is -0.0100. The number of hydrogen-bond donors (Lipinski definition) is 1. The Morgan fingerprint density at radius 1 is 1.83 bits per heavy atom. The molecule has 0 aliphatic heterocycles. The van der Waals surface area contributed by atoms with E-state index in [4.69, 9.17) is 11.8 Å². The third-order valence-electron chi connectivity index (χ3n) is 0.443. The van der Waals surface area contributed by atoms with Crippen molar-refractivity contribution in [2.75, 3.05) is 6.54 Å². The van der Waals surface area contributed by atoms with Gasteiger partial charge in [-0.15, -0.1) is 6.58 Å². The van der Waals surface area contributed by atoms with Crippen LogP contribution in [-0.2, 0) is 0 Å². The Morgan fingerprint density at radius 3 is 2.67 bits per heavy atom. The Labute approximate surface area is 43.1 Å². The van der Waals surface area contributed by atoms with Crippen LogP contribution >= 0.6 is 11.8 Å². The molecule has 0 aromatic rings. The fourth-order valence-electron chi connectivity index (χ4n) is 0.157. The van der Waals surface area contributed by atoms with Gasteiger partial charge >= 0.3 is 0 Å². The second kappa shape index (κ2) is 4.99. The lowest BCUT2D eigenvalue weighted by molar-refractivity contribution is 0.929. The van der Waals surface area contributed by atoms with Crippen LogP contribution in [0.4, 0.5) is 0 Å². The van der Waals surface area contributed by atoms with Crippen molar-refractivity contribution in [1.82, 2.24) is 4.84 Å². The van der Waals surface area contributed by atoms with Crippen molar-refractivity contribution in [3.05, 3.63) is 12.7 Å². The largest absolute Gasteiger partial charge is 0.233 e. The number of hydrogen-bond acceptors (Lipinski definition) is 1. The van der Waals surface area contributed by atoms with Crippen LogP contribution in [0.2, 0.25) is 0 Å². The fourth-order valence-corrected chi connectivity index (χ4v) is 0.266. The van der Waals surface area contributed by atoms with E-state index in [0.717, 1.165) is 13.0 Å². The summed E-state index contributed by atoms with van der Waals surface area (Å²) < 4.78 is 0. The van der Waals surface area contributed by atoms with Crippen LogP contribution in [0.3, 0.4) is 0 Å². The summed E-state index contributed by atoms with van der Waals surface area (Å²) in [6.07, 6.45) is 2.75. The maximum absolute atomic E-state index is 5.08. The molecule has 0 heterocycles. The lowest BCUT2D eigenvalue weighted by Crippen LogP contribution is -1.97. The number of nitrogens with one attached hydrogen (secondary N) is 1. The molecule has 1 nitrogen and oxygen atoms in total. The van der Waals surface area contributed by atoms with Crippen LogP contribution in [0.1, 0.15) is 6.42 Å². The van der Waals surface area contributed by atoms with Crippen molar-refractivity contribution in [1.29, 1.82) is 0 Å². The molecule has 1 N–H and O–H groups in total. The molecule has 0 radical (unpaired) electrons. The van der Waals surface area contributed by atoms with E-state index in [0.29, 0.717) is 0 Å². The van der Waals surface area contributed by atoms with E-state index in [1.54, 1.807) is 0 Å². The molecule has 0 bridgehead atoms. The molecule has 2 heteroatoms. The predicted octanol–water partition coefficient (Wildman–Crippen LogP) is 1.31. The molecule has 0 saturated heterocycles. The van der Waals surface area contributed by atoms with Crippen LogP contribution < -0.4 is 4.84 Å². The lowest BCUT2D eigenvalue weighted by Gasteiger charge is -1.83. The van der Waals surface area contributed by atoms with Crippen molar-refractivity contribution in [3.8, 4) is 0 Å². The molecule has 0 aromatic carbocycles. The molecule has 0 aliphatic rings. The average Bonchev–Trinajstić information content (AvgIpc) is 1.61. The van der Waals surface area contributed by atoms with Crippen molar-refractivity contribution in [2.45, 2.75) is 6.42 Å². The van der Waals surface area contributed by atoms with E-state index < -0.39 is 0 Å². The highest BCUT2D eigenvalue weighted by Crippen LogP contribution is 1.73. The van der Waals surface area contributed by atoms with Crippen LogP contribution in [0.5, 0.6) is 0 Å². The van der Waals surface area contributed by atoms with Gasteiger partial charge in [-0.2, -0.15) is 0 Å². The summed E-state index contributed by atoms with van der Waals surface area (Å²) in [6, 6.07) is 0. The van der Waals surface area contributed by atoms with Crippen LogP contribution in [0, 0.1) is 0 Å². The highest BCUT2D eigenvalue weighted by molar-refractivity contribution is 6.13. The van der Waals surface area contributed by atoms with Gasteiger partial charge in [-0.3, -0.25) is 0 Å². The van der Waals surface area contributed by atoms with E-state index in [1.165, 1.54) is 0 Å². The number of halogens is 1. The molecule has 0 rings (SSSR count). The zero-order valence-corrected chi connectivity index (χ0v) is 4.33. The molecule has 6 heavy (non-hydrogen) atoms. The van der Waals surface area contributed by atoms with E-state index in [2.05, 4.69) is 11.4 Å². The zero-order chi connectivity index (χ0) is 4.83. The van der Waals surface area contributed by atoms with Gasteiger partial charge in [-0.1, -0.05) is 6.08 Å². The first-order valence-electron chi connectivity index (χ1n) is 1.86. The molecule has 0 fully saturated rings. The van der Waals surface area contributed by atoms with E-state index in [-0.39, 0.29) is 0 Å². The van der Waals surface area contributed by atoms with Crippen molar-refractivity contribution >= 4 is 11.8 Å². The van der Waals surface area contributed by atoms with E-state index in [1.807, 2.05) is 6.08 Å². The molecular formula is C4H8ClN. The summed E-state index contributed by atoms with van der Waals surface area (Å²) in [4.78, 5) is 2.47. The van der Waals surface area contributed by atoms with Gasteiger partial charge in [-0.05, 0) is 18.2 Å². The van der Waals surface area contributed by atoms with Crippen molar-refractivity contribution in [2.24, 2.45) is 0 Å². The Kier molecular flexibility index (Phi) is 4.98. The highest BCUT2D eigenvalue weighted by Gasteiger charge is 1.70. The predicted molar refractivity (Wildman–Crippen MR) is 28.7 cm³/mol. The summed E-state index contributed by atoms with van der Waals surface area (Å²) in [6.45, 7) is 4.31. The van der Waals surface area contributed by atoms with Crippen molar-refractivity contribution in [3.63, 3.8) is 0 Å². The highest BCUT2D eigenvalue weighted by atomic mass is 35.5. The Balaban J connectivity index is 2.49. The average molecular weight is 106 g/mol. The van der Waals surface area contributed by atoms with E-state index >= 15 is 0 Å². The zero-order valence-electron chi connectivity index (χ0n) is 3.58. The van der Waals surface area contributed by atoms with Gasteiger partial charge in [0, 0.05) is 6.54 Å². The summed E-state index contributed by atoms with van der Waals surface area (Å²) in [5.41, 5.74) is 0. The second-order valence-electron chi connectivity index (χ2n) is 0.961. The Morgan fingerprint density at radius 2 is 2.50 bits per heavy atom. The molecule has 0 unspecified atom stereocenters. The van der Waals surface area contributed by atoms with Gasteiger partial charge in [0.25, 0.3) is 0 Å². The summed E-state index contributed by atoms with van der Waals surface area (Å²) in [5.74, 6) is 0. The molecule has 36 valence electrons.